The average molecular weight is 324 g/mol. The Kier molecular flexibility index (Phi) is 3.86. The molecule has 1 aromatic carbocycles. The predicted molar refractivity (Wildman–Crippen MR) is 92.1 cm³/mol. The Morgan fingerprint density at radius 1 is 1.17 bits per heavy atom. The van der Waals surface area contributed by atoms with E-state index < -0.39 is 0 Å². The summed E-state index contributed by atoms with van der Waals surface area (Å²) in [6, 6.07) is 6.11. The molecule has 0 saturated carbocycles. The quantitative estimate of drug-likeness (QED) is 0.883. The van der Waals surface area contributed by atoms with Crippen molar-refractivity contribution in [1.29, 1.82) is 0 Å². The van der Waals surface area contributed by atoms with Gasteiger partial charge in [-0.15, -0.1) is 5.10 Å². The second-order valence-corrected chi connectivity index (χ2v) is 6.17. The van der Waals surface area contributed by atoms with Crippen molar-refractivity contribution < 1.29 is 4.79 Å². The summed E-state index contributed by atoms with van der Waals surface area (Å²) in [5.41, 5.74) is 4.00. The summed E-state index contributed by atoms with van der Waals surface area (Å²) < 4.78 is 0. The van der Waals surface area contributed by atoms with E-state index in [9.17, 15) is 4.79 Å². The maximum absolute atomic E-state index is 11.8. The Morgan fingerprint density at radius 3 is 2.83 bits per heavy atom. The second kappa shape index (κ2) is 6.16. The van der Waals surface area contributed by atoms with Gasteiger partial charge in [0.25, 0.3) is 0 Å². The molecule has 1 N–H and O–H groups in total. The maximum atomic E-state index is 11.8. The lowest BCUT2D eigenvalue weighted by atomic mass is 9.98. The van der Waals surface area contributed by atoms with Gasteiger partial charge in [0.05, 0.1) is 11.9 Å². The topological polar surface area (TPSA) is 74.2 Å². The number of hydrogen-bond acceptors (Lipinski definition) is 6. The van der Waals surface area contributed by atoms with Gasteiger partial charge in [0, 0.05) is 50.9 Å². The number of anilines is 2. The molecule has 124 valence electrons. The van der Waals surface area contributed by atoms with Crippen LogP contribution in [0.25, 0.3) is 11.3 Å². The zero-order chi connectivity index (χ0) is 16.5. The van der Waals surface area contributed by atoms with Crippen molar-refractivity contribution in [2.75, 3.05) is 43.0 Å². The highest BCUT2D eigenvalue weighted by Crippen LogP contribution is 2.30. The van der Waals surface area contributed by atoms with Crippen molar-refractivity contribution in [3.05, 3.63) is 30.0 Å². The number of aryl methyl sites for hydroxylation is 1. The molecule has 4 rings (SSSR count). The standard InChI is InChI=1S/C17H20N6O/c1-22-15-4-2-12(10-13(15)3-5-16(22)24)14-11-19-21-17(20-14)23-8-6-18-7-9-23/h2,4,10-11,18H,3,5-9H2,1H3. The molecule has 2 aliphatic rings. The summed E-state index contributed by atoms with van der Waals surface area (Å²) in [5.74, 6) is 0.846. The SMILES string of the molecule is CN1C(=O)CCc2cc(-c3cnnc(N4CCNCC4)n3)ccc21. The molecule has 7 nitrogen and oxygen atoms in total. The molecule has 1 fully saturated rings. The molecule has 7 heteroatoms. The van der Waals surface area contributed by atoms with Gasteiger partial charge in [-0.3, -0.25) is 4.79 Å². The van der Waals surface area contributed by atoms with Gasteiger partial charge in [-0.2, -0.15) is 5.10 Å². The molecule has 1 amide bonds. The van der Waals surface area contributed by atoms with Gasteiger partial charge >= 0.3 is 0 Å². The van der Waals surface area contributed by atoms with Crippen LogP contribution in [0, 0.1) is 0 Å². The summed E-state index contributed by atoms with van der Waals surface area (Å²) >= 11 is 0. The Bertz CT molecular complexity index is 771. The third-order valence-electron chi connectivity index (χ3n) is 4.67. The molecule has 0 aliphatic carbocycles. The van der Waals surface area contributed by atoms with Crippen LogP contribution in [0.3, 0.4) is 0 Å². The second-order valence-electron chi connectivity index (χ2n) is 6.17. The van der Waals surface area contributed by atoms with Crippen LogP contribution in [0.1, 0.15) is 12.0 Å². The number of fused-ring (bicyclic) bond motifs is 1. The third kappa shape index (κ3) is 2.71. The third-order valence-corrected chi connectivity index (χ3v) is 4.67. The molecule has 1 aromatic heterocycles. The van der Waals surface area contributed by atoms with Crippen molar-refractivity contribution in [1.82, 2.24) is 20.5 Å². The Balaban J connectivity index is 1.65. The van der Waals surface area contributed by atoms with Crippen LogP contribution in [0.4, 0.5) is 11.6 Å². The minimum Gasteiger partial charge on any atom is -0.337 e. The van der Waals surface area contributed by atoms with Crippen molar-refractivity contribution >= 4 is 17.5 Å². The highest BCUT2D eigenvalue weighted by Gasteiger charge is 2.21. The molecule has 3 heterocycles. The lowest BCUT2D eigenvalue weighted by molar-refractivity contribution is -0.118. The molecular formula is C17H20N6O. The first kappa shape index (κ1) is 15.0. The fourth-order valence-corrected chi connectivity index (χ4v) is 3.25. The molecule has 0 radical (unpaired) electrons. The number of nitrogens with zero attached hydrogens (tertiary/aromatic N) is 5. The van der Waals surface area contributed by atoms with Crippen LogP contribution in [0.2, 0.25) is 0 Å². The average Bonchev–Trinajstić information content (AvgIpc) is 2.65. The molecule has 0 spiro atoms. The zero-order valence-electron chi connectivity index (χ0n) is 13.7. The number of carbonyl (C=O) groups is 1. The van der Waals surface area contributed by atoms with Gasteiger partial charge in [-0.1, -0.05) is 6.07 Å². The molecule has 2 aromatic rings. The molecule has 2 aliphatic heterocycles. The van der Waals surface area contributed by atoms with Crippen molar-refractivity contribution in [2.24, 2.45) is 0 Å². The molecule has 1 saturated heterocycles. The number of piperazine rings is 1. The van der Waals surface area contributed by atoms with Crippen LogP contribution >= 0.6 is 0 Å². The summed E-state index contributed by atoms with van der Waals surface area (Å²) in [7, 11) is 1.83. The smallest absolute Gasteiger partial charge is 0.245 e. The molecule has 0 unspecified atom stereocenters. The van der Waals surface area contributed by atoms with E-state index in [4.69, 9.17) is 4.98 Å². The predicted octanol–water partition coefficient (Wildman–Crippen LogP) is 0.857. The van der Waals surface area contributed by atoms with Gasteiger partial charge < -0.3 is 15.1 Å². The van der Waals surface area contributed by atoms with Crippen LogP contribution in [0.5, 0.6) is 0 Å². The number of hydrogen-bond donors (Lipinski definition) is 1. The fourth-order valence-electron chi connectivity index (χ4n) is 3.25. The fraction of sp³-hybridized carbons (Fsp3) is 0.412. The Morgan fingerprint density at radius 2 is 2.00 bits per heavy atom. The first-order chi connectivity index (χ1) is 11.7. The van der Waals surface area contributed by atoms with Crippen LogP contribution in [-0.2, 0) is 11.2 Å². The summed E-state index contributed by atoms with van der Waals surface area (Å²) in [6.45, 7) is 3.66. The van der Waals surface area contributed by atoms with Crippen molar-refractivity contribution in [2.45, 2.75) is 12.8 Å². The largest absolute Gasteiger partial charge is 0.337 e. The number of amides is 1. The number of carbonyl (C=O) groups excluding carboxylic acids is 1. The number of nitrogens with one attached hydrogen (secondary N) is 1. The van der Waals surface area contributed by atoms with E-state index in [1.165, 1.54) is 5.56 Å². The lowest BCUT2D eigenvalue weighted by Crippen LogP contribution is -2.44. The highest BCUT2D eigenvalue weighted by atomic mass is 16.2. The normalized spacial score (nSPS) is 17.8. The molecule has 0 bridgehead atoms. The Hall–Kier alpha value is -2.54. The van der Waals surface area contributed by atoms with E-state index in [-0.39, 0.29) is 5.91 Å². The number of rotatable bonds is 2. The van der Waals surface area contributed by atoms with E-state index in [0.717, 1.165) is 49.5 Å². The lowest BCUT2D eigenvalue weighted by Gasteiger charge is -2.27. The summed E-state index contributed by atoms with van der Waals surface area (Å²) in [4.78, 5) is 20.4. The summed E-state index contributed by atoms with van der Waals surface area (Å²) in [6.07, 6.45) is 3.03. The van der Waals surface area contributed by atoms with E-state index in [1.807, 2.05) is 19.2 Å². The maximum Gasteiger partial charge on any atom is 0.245 e. The van der Waals surface area contributed by atoms with Crippen LogP contribution in [-0.4, -0.2) is 54.3 Å². The van der Waals surface area contributed by atoms with Crippen LogP contribution in [0.15, 0.2) is 24.4 Å². The zero-order valence-corrected chi connectivity index (χ0v) is 13.7. The monoisotopic (exact) mass is 324 g/mol. The number of benzene rings is 1. The van der Waals surface area contributed by atoms with E-state index in [2.05, 4.69) is 26.5 Å². The van der Waals surface area contributed by atoms with E-state index in [1.54, 1.807) is 11.1 Å². The van der Waals surface area contributed by atoms with Gasteiger partial charge in [0.1, 0.15) is 0 Å². The van der Waals surface area contributed by atoms with Gasteiger partial charge in [0.2, 0.25) is 11.9 Å². The minimum atomic E-state index is 0.167. The van der Waals surface area contributed by atoms with E-state index in [0.29, 0.717) is 12.4 Å². The number of aromatic nitrogens is 3. The van der Waals surface area contributed by atoms with Crippen molar-refractivity contribution in [3.63, 3.8) is 0 Å². The minimum absolute atomic E-state index is 0.167. The van der Waals surface area contributed by atoms with E-state index >= 15 is 0 Å². The first-order valence-corrected chi connectivity index (χ1v) is 8.27. The van der Waals surface area contributed by atoms with Gasteiger partial charge in [-0.05, 0) is 24.1 Å². The van der Waals surface area contributed by atoms with Gasteiger partial charge in [0.15, 0.2) is 0 Å². The van der Waals surface area contributed by atoms with Crippen LogP contribution < -0.4 is 15.1 Å². The summed E-state index contributed by atoms with van der Waals surface area (Å²) in [5, 5.41) is 11.6. The van der Waals surface area contributed by atoms with Crippen molar-refractivity contribution in [3.8, 4) is 11.3 Å². The molecule has 24 heavy (non-hydrogen) atoms. The molecule has 0 atom stereocenters. The van der Waals surface area contributed by atoms with Gasteiger partial charge in [-0.25, -0.2) is 4.98 Å². The Labute approximate surface area is 140 Å². The highest BCUT2D eigenvalue weighted by molar-refractivity contribution is 5.96. The molecular weight excluding hydrogens is 304 g/mol. The first-order valence-electron chi connectivity index (χ1n) is 8.27.